The topological polar surface area (TPSA) is 18.5 Å². The van der Waals surface area contributed by atoms with Crippen LogP contribution in [-0.4, -0.2) is 25.1 Å². The van der Waals surface area contributed by atoms with Gasteiger partial charge in [0.15, 0.2) is 0 Å². The van der Waals surface area contributed by atoms with Gasteiger partial charge in [-0.25, -0.2) is 0 Å². The fourth-order valence-corrected chi connectivity index (χ4v) is 3.03. The largest absolute Gasteiger partial charge is 0.373 e. The Morgan fingerprint density at radius 2 is 1.38 bits per heavy atom. The summed E-state index contributed by atoms with van der Waals surface area (Å²) in [7, 11) is 0. The third-order valence-electron chi connectivity index (χ3n) is 4.13. The van der Waals surface area contributed by atoms with E-state index in [1.165, 1.54) is 18.5 Å². The highest BCUT2D eigenvalue weighted by Gasteiger charge is 2.32. The Balaban J connectivity index is 1.91. The molecule has 146 valence electrons. The van der Waals surface area contributed by atoms with Crippen LogP contribution >= 0.6 is 12.0 Å². The summed E-state index contributed by atoms with van der Waals surface area (Å²) in [5, 5.41) is 0. The minimum absolute atomic E-state index is 0.304. The molecule has 0 radical (unpaired) electrons. The Hall–Kier alpha value is -1.03. The summed E-state index contributed by atoms with van der Waals surface area (Å²) < 4.78 is 11.1. The first-order valence-corrected chi connectivity index (χ1v) is 11.1. The van der Waals surface area contributed by atoms with Gasteiger partial charge in [0.25, 0.3) is 0 Å². The minimum atomic E-state index is 0.304. The molecule has 3 heteroatoms. The number of unbranched alkanes of at least 4 members (excludes halogenated alkanes) is 1. The van der Waals surface area contributed by atoms with Crippen molar-refractivity contribution in [1.82, 2.24) is 0 Å². The fourth-order valence-electron chi connectivity index (χ4n) is 2.60. The second-order valence-corrected chi connectivity index (χ2v) is 6.84. The first-order valence-electron chi connectivity index (χ1n) is 9.94. The van der Waals surface area contributed by atoms with Gasteiger partial charge in [0.2, 0.25) is 0 Å². The quantitative estimate of drug-likeness (QED) is 0.175. The second kappa shape index (κ2) is 17.4. The van der Waals surface area contributed by atoms with Crippen molar-refractivity contribution in [2.45, 2.75) is 70.5 Å². The lowest BCUT2D eigenvalue weighted by atomic mass is 10.0. The van der Waals surface area contributed by atoms with E-state index in [0.29, 0.717) is 12.2 Å². The number of hydrogen-bond donors (Lipinski definition) is 0. The van der Waals surface area contributed by atoms with Gasteiger partial charge in [-0.05, 0) is 63.4 Å². The molecule has 2 unspecified atom stereocenters. The first kappa shape index (κ1) is 23.0. The first-order chi connectivity index (χ1) is 12.9. The summed E-state index contributed by atoms with van der Waals surface area (Å²) in [6.07, 6.45) is 33.6. The maximum absolute atomic E-state index is 5.54. The monoisotopic (exact) mass is 376 g/mol. The predicted octanol–water partition coefficient (Wildman–Crippen LogP) is 6.97. The van der Waals surface area contributed by atoms with Gasteiger partial charge < -0.3 is 8.92 Å². The molecule has 2 nitrogen and oxygen atoms in total. The van der Waals surface area contributed by atoms with Crippen LogP contribution in [0, 0.1) is 0 Å². The lowest BCUT2D eigenvalue weighted by Gasteiger charge is -2.35. The van der Waals surface area contributed by atoms with Gasteiger partial charge in [0, 0.05) is 6.26 Å². The van der Waals surface area contributed by atoms with Gasteiger partial charge in [-0.2, -0.15) is 0 Å². The average molecular weight is 377 g/mol. The molecule has 0 bridgehead atoms. The van der Waals surface area contributed by atoms with Crippen molar-refractivity contribution in [2.24, 2.45) is 0 Å². The highest BCUT2D eigenvalue weighted by molar-refractivity contribution is 7.93. The highest BCUT2D eigenvalue weighted by atomic mass is 32.2. The Morgan fingerprint density at radius 1 is 0.846 bits per heavy atom. The zero-order valence-electron chi connectivity index (χ0n) is 16.5. The fraction of sp³-hybridized carbons (Fsp3) is 0.565. The molecular weight excluding hydrogens is 340 g/mol. The van der Waals surface area contributed by atoms with E-state index in [0.717, 1.165) is 51.6 Å². The Kier molecular flexibility index (Phi) is 15.4. The van der Waals surface area contributed by atoms with E-state index in [1.54, 1.807) is 0 Å². The van der Waals surface area contributed by atoms with Crippen molar-refractivity contribution in [3.63, 3.8) is 0 Å². The minimum Gasteiger partial charge on any atom is -0.373 e. The smallest absolute Gasteiger partial charge is 0.122 e. The molecule has 26 heavy (non-hydrogen) atoms. The van der Waals surface area contributed by atoms with Crippen LogP contribution in [0.1, 0.15) is 58.3 Å². The van der Waals surface area contributed by atoms with Crippen LogP contribution in [0.3, 0.4) is 0 Å². The standard InChI is InChI=1S/C23H36O2S/c1-3-4-5-6-7-8-9-10-11-12-13-14-15-16-17-18-19-20-22-23(21-24-22)25-26-2/h4-5,7-8,10-11,13-14,16-17,22-23H,3,6,9,12,15,18-21H2,1-2H3. The van der Waals surface area contributed by atoms with E-state index in [-0.39, 0.29) is 0 Å². The molecule has 1 fully saturated rings. The van der Waals surface area contributed by atoms with Crippen LogP contribution < -0.4 is 0 Å². The van der Waals surface area contributed by atoms with Crippen molar-refractivity contribution in [3.05, 3.63) is 60.8 Å². The SMILES string of the molecule is CCC=CCC=CCC=CCC=CCC=CCCCC1OCC1OSC. The molecule has 0 aromatic carbocycles. The lowest BCUT2D eigenvalue weighted by Crippen LogP contribution is -2.45. The van der Waals surface area contributed by atoms with Crippen molar-refractivity contribution in [1.29, 1.82) is 0 Å². The maximum Gasteiger partial charge on any atom is 0.122 e. The van der Waals surface area contributed by atoms with Crippen LogP contribution in [0.2, 0.25) is 0 Å². The number of rotatable bonds is 15. The molecule has 1 rings (SSSR count). The van der Waals surface area contributed by atoms with E-state index in [9.17, 15) is 0 Å². The summed E-state index contributed by atoms with van der Waals surface area (Å²) in [4.78, 5) is 0. The van der Waals surface area contributed by atoms with Crippen LogP contribution in [0.5, 0.6) is 0 Å². The van der Waals surface area contributed by atoms with Crippen LogP contribution in [0.25, 0.3) is 0 Å². The number of allylic oxidation sites excluding steroid dienone is 10. The van der Waals surface area contributed by atoms with E-state index in [2.05, 4.69) is 67.7 Å². The summed E-state index contributed by atoms with van der Waals surface area (Å²) >= 11 is 1.44. The van der Waals surface area contributed by atoms with Crippen molar-refractivity contribution in [3.8, 4) is 0 Å². The molecule has 1 aliphatic rings. The molecule has 0 aromatic heterocycles. The molecule has 0 aliphatic carbocycles. The van der Waals surface area contributed by atoms with E-state index < -0.39 is 0 Å². The zero-order valence-corrected chi connectivity index (χ0v) is 17.3. The van der Waals surface area contributed by atoms with Gasteiger partial charge in [-0.1, -0.05) is 67.7 Å². The molecule has 0 N–H and O–H groups in total. The normalized spacial score (nSPS) is 21.2. The third kappa shape index (κ3) is 12.3. The molecule has 0 amide bonds. The van der Waals surface area contributed by atoms with Crippen LogP contribution in [-0.2, 0) is 8.92 Å². The lowest BCUT2D eigenvalue weighted by molar-refractivity contribution is -0.146. The molecule has 1 heterocycles. The van der Waals surface area contributed by atoms with Gasteiger partial charge in [0.1, 0.15) is 6.10 Å². The number of ether oxygens (including phenoxy) is 1. The summed E-state index contributed by atoms with van der Waals surface area (Å²) in [6, 6.07) is 0. The van der Waals surface area contributed by atoms with Gasteiger partial charge in [-0.3, -0.25) is 0 Å². The van der Waals surface area contributed by atoms with Gasteiger partial charge >= 0.3 is 0 Å². The predicted molar refractivity (Wildman–Crippen MR) is 116 cm³/mol. The van der Waals surface area contributed by atoms with E-state index >= 15 is 0 Å². The second-order valence-electron chi connectivity index (χ2n) is 6.31. The molecule has 0 aromatic rings. The highest BCUT2D eigenvalue weighted by Crippen LogP contribution is 2.24. The summed E-state index contributed by atoms with van der Waals surface area (Å²) in [5.41, 5.74) is 0. The maximum atomic E-state index is 5.54. The molecule has 0 spiro atoms. The zero-order chi connectivity index (χ0) is 18.7. The summed E-state index contributed by atoms with van der Waals surface area (Å²) in [5.74, 6) is 0. The third-order valence-corrected chi connectivity index (χ3v) is 4.57. The molecule has 1 saturated heterocycles. The van der Waals surface area contributed by atoms with Crippen molar-refractivity contribution in [2.75, 3.05) is 12.9 Å². The van der Waals surface area contributed by atoms with Gasteiger partial charge in [0.05, 0.1) is 12.7 Å². The molecule has 2 atom stereocenters. The number of hydrogen-bond acceptors (Lipinski definition) is 3. The molecule has 0 saturated carbocycles. The van der Waals surface area contributed by atoms with Crippen LogP contribution in [0.4, 0.5) is 0 Å². The Labute approximate surface area is 165 Å². The average Bonchev–Trinajstić information content (AvgIpc) is 2.64. The van der Waals surface area contributed by atoms with Crippen molar-refractivity contribution < 1.29 is 8.92 Å². The van der Waals surface area contributed by atoms with E-state index in [1.807, 2.05) is 6.26 Å². The Morgan fingerprint density at radius 3 is 1.85 bits per heavy atom. The summed E-state index contributed by atoms with van der Waals surface area (Å²) in [6.45, 7) is 2.92. The van der Waals surface area contributed by atoms with E-state index in [4.69, 9.17) is 8.92 Å². The van der Waals surface area contributed by atoms with Crippen molar-refractivity contribution >= 4 is 12.0 Å². The van der Waals surface area contributed by atoms with Crippen LogP contribution in [0.15, 0.2) is 60.8 Å². The molecular formula is C23H36O2S. The molecule has 1 aliphatic heterocycles. The van der Waals surface area contributed by atoms with Gasteiger partial charge in [-0.15, -0.1) is 0 Å². The Bertz CT molecular complexity index is 463.